The van der Waals surface area contributed by atoms with Crippen molar-refractivity contribution in [1.29, 1.82) is 0 Å². The zero-order chi connectivity index (χ0) is 27.5. The normalized spacial score (nSPS) is 35.9. The number of cyclic esters (lactones) is 1. The molecular formula is C29H43NO6S. The van der Waals surface area contributed by atoms with Gasteiger partial charge in [-0.25, -0.2) is 4.98 Å². The summed E-state index contributed by atoms with van der Waals surface area (Å²) in [6, 6.07) is 0. The number of thiazole rings is 1. The molecule has 1 aromatic rings. The first-order chi connectivity index (χ1) is 17.3. The van der Waals surface area contributed by atoms with Crippen molar-refractivity contribution in [1.82, 2.24) is 4.98 Å². The zero-order valence-electron chi connectivity index (χ0n) is 23.0. The Hall–Kier alpha value is -1.87. The molecule has 1 aromatic heterocycles. The van der Waals surface area contributed by atoms with Gasteiger partial charge in [-0.15, -0.1) is 17.9 Å². The minimum atomic E-state index is -1.26. The number of Topliss-reactive ketones (excluding diaryl/α,β-unsaturated/α-hetero) is 1. The molecule has 0 saturated carbocycles. The van der Waals surface area contributed by atoms with Crippen LogP contribution >= 0.6 is 11.3 Å². The molecule has 0 radical (unpaired) electrons. The van der Waals surface area contributed by atoms with Crippen LogP contribution in [0.4, 0.5) is 0 Å². The van der Waals surface area contributed by atoms with Gasteiger partial charge in [0, 0.05) is 17.7 Å². The molecule has 8 heteroatoms. The van der Waals surface area contributed by atoms with Crippen molar-refractivity contribution in [3.63, 3.8) is 0 Å². The molecule has 2 aliphatic rings. The van der Waals surface area contributed by atoms with Gasteiger partial charge in [0.1, 0.15) is 11.9 Å². The minimum absolute atomic E-state index is 0.0598. The molecule has 0 aliphatic carbocycles. The van der Waals surface area contributed by atoms with Crippen LogP contribution in [0.3, 0.4) is 0 Å². The number of nitrogens with zero attached hydrogens (tertiary/aromatic N) is 1. The smallest absolute Gasteiger partial charge is 0.309 e. The Labute approximate surface area is 225 Å². The fraction of sp³-hybridized carbons (Fsp3) is 0.690. The van der Waals surface area contributed by atoms with Crippen molar-refractivity contribution < 1.29 is 29.3 Å². The van der Waals surface area contributed by atoms with Crippen LogP contribution in [0, 0.1) is 24.2 Å². The molecule has 2 aliphatic heterocycles. The van der Waals surface area contributed by atoms with E-state index in [0.29, 0.717) is 12.8 Å². The van der Waals surface area contributed by atoms with E-state index in [-0.39, 0.29) is 29.8 Å². The first-order valence-electron chi connectivity index (χ1n) is 13.3. The Morgan fingerprint density at radius 2 is 2.00 bits per heavy atom. The summed E-state index contributed by atoms with van der Waals surface area (Å²) in [6.45, 7) is 14.9. The summed E-state index contributed by atoms with van der Waals surface area (Å²) in [7, 11) is 0. The number of fused-ring (bicyclic) bond motifs is 1. The van der Waals surface area contributed by atoms with Crippen molar-refractivity contribution in [2.75, 3.05) is 0 Å². The molecule has 0 bridgehead atoms. The summed E-state index contributed by atoms with van der Waals surface area (Å²) in [5, 5.41) is 25.0. The molecule has 7 atom stereocenters. The maximum Gasteiger partial charge on any atom is 0.309 e. The molecule has 7 nitrogen and oxygen atoms in total. The van der Waals surface area contributed by atoms with Crippen LogP contribution < -0.4 is 0 Å². The summed E-state index contributed by atoms with van der Waals surface area (Å²) in [4.78, 5) is 31.1. The summed E-state index contributed by atoms with van der Waals surface area (Å²) in [6.07, 6.45) is 3.71. The second kappa shape index (κ2) is 11.9. The van der Waals surface area contributed by atoms with Gasteiger partial charge >= 0.3 is 5.97 Å². The first kappa shape index (κ1) is 29.7. The van der Waals surface area contributed by atoms with Crippen LogP contribution in [0.25, 0.3) is 6.08 Å². The molecule has 2 saturated heterocycles. The fourth-order valence-electron chi connectivity index (χ4n) is 5.29. The minimum Gasteiger partial charge on any atom is -0.458 e. The van der Waals surface area contributed by atoms with E-state index in [2.05, 4.69) is 18.5 Å². The van der Waals surface area contributed by atoms with Crippen LogP contribution in [-0.2, 0) is 19.1 Å². The van der Waals surface area contributed by atoms with E-state index in [1.165, 1.54) is 0 Å². The summed E-state index contributed by atoms with van der Waals surface area (Å²) < 4.78 is 12.0. The van der Waals surface area contributed by atoms with Crippen molar-refractivity contribution in [3.05, 3.63) is 34.3 Å². The number of ketones is 1. The van der Waals surface area contributed by atoms with Gasteiger partial charge in [0.2, 0.25) is 0 Å². The predicted molar refractivity (Wildman–Crippen MR) is 145 cm³/mol. The lowest BCUT2D eigenvalue weighted by atomic mass is 9.71. The fourth-order valence-corrected chi connectivity index (χ4v) is 5.86. The average molecular weight is 534 g/mol. The molecule has 2 fully saturated rings. The highest BCUT2D eigenvalue weighted by atomic mass is 32.1. The van der Waals surface area contributed by atoms with Gasteiger partial charge in [-0.1, -0.05) is 33.3 Å². The third-order valence-electron chi connectivity index (χ3n) is 8.17. The Bertz CT molecular complexity index is 1020. The van der Waals surface area contributed by atoms with E-state index in [9.17, 15) is 19.8 Å². The second-order valence-corrected chi connectivity index (χ2v) is 12.7. The predicted octanol–water partition coefficient (Wildman–Crippen LogP) is 5.03. The first-order valence-corrected chi connectivity index (χ1v) is 14.2. The summed E-state index contributed by atoms with van der Waals surface area (Å²) in [5.41, 5.74) is 0.101. The van der Waals surface area contributed by atoms with Gasteiger partial charge in [0.15, 0.2) is 0 Å². The van der Waals surface area contributed by atoms with Crippen LogP contribution in [0.15, 0.2) is 23.6 Å². The van der Waals surface area contributed by atoms with Gasteiger partial charge in [-0.3, -0.25) is 9.59 Å². The van der Waals surface area contributed by atoms with Gasteiger partial charge < -0.3 is 19.7 Å². The highest BCUT2D eigenvalue weighted by molar-refractivity contribution is 7.09. The van der Waals surface area contributed by atoms with Gasteiger partial charge in [-0.05, 0) is 57.6 Å². The summed E-state index contributed by atoms with van der Waals surface area (Å²) >= 11 is 1.56. The largest absolute Gasteiger partial charge is 0.458 e. The molecule has 2 N–H and O–H groups in total. The lowest BCUT2D eigenvalue weighted by Crippen LogP contribution is -2.46. The number of ether oxygens (including phenoxy) is 2. The average Bonchev–Trinajstić information content (AvgIpc) is 3.27. The molecule has 0 unspecified atom stereocenters. The highest BCUT2D eigenvalue weighted by Crippen LogP contribution is 2.45. The van der Waals surface area contributed by atoms with E-state index >= 15 is 0 Å². The Morgan fingerprint density at radius 3 is 2.62 bits per heavy atom. The van der Waals surface area contributed by atoms with Crippen molar-refractivity contribution in [2.45, 2.75) is 110 Å². The zero-order valence-corrected chi connectivity index (χ0v) is 23.8. The number of carbonyl (C=O) groups is 2. The summed E-state index contributed by atoms with van der Waals surface area (Å²) in [5.74, 6) is -1.67. The van der Waals surface area contributed by atoms with E-state index in [1.54, 1.807) is 31.3 Å². The number of aromatic nitrogens is 1. The van der Waals surface area contributed by atoms with E-state index in [4.69, 9.17) is 9.47 Å². The highest BCUT2D eigenvalue weighted by Gasteiger charge is 2.53. The number of aliphatic hydroxyl groups is 2. The molecule has 0 amide bonds. The number of hydrogen-bond donors (Lipinski definition) is 2. The Balaban J connectivity index is 1.88. The van der Waals surface area contributed by atoms with Gasteiger partial charge in [0.05, 0.1) is 46.5 Å². The van der Waals surface area contributed by atoms with Crippen LogP contribution in [-0.4, -0.2) is 57.0 Å². The maximum atomic E-state index is 13.6. The van der Waals surface area contributed by atoms with Crippen molar-refractivity contribution >= 4 is 29.2 Å². The Kier molecular flexibility index (Phi) is 9.54. The molecule has 37 heavy (non-hydrogen) atoms. The van der Waals surface area contributed by atoms with Gasteiger partial charge in [0.25, 0.3) is 0 Å². The van der Waals surface area contributed by atoms with Crippen LogP contribution in [0.2, 0.25) is 0 Å². The molecule has 3 heterocycles. The molecule has 0 aromatic carbocycles. The number of allylic oxidation sites excluding steroid dienone is 1. The third kappa shape index (κ3) is 7.16. The molecule has 206 valence electrons. The van der Waals surface area contributed by atoms with Crippen LogP contribution in [0.5, 0.6) is 0 Å². The number of aliphatic hydroxyl groups excluding tert-OH is 2. The van der Waals surface area contributed by atoms with Crippen LogP contribution in [0.1, 0.15) is 83.8 Å². The molecule has 3 rings (SSSR count). The quantitative estimate of drug-likeness (QED) is 0.317. The van der Waals surface area contributed by atoms with E-state index < -0.39 is 35.6 Å². The number of hydrogen-bond acceptors (Lipinski definition) is 8. The maximum absolute atomic E-state index is 13.6. The SMILES string of the molecule is C=CC[C@H]1C(=O)C(C)(C)[C@H](O)CC(=O)O[C@H](/C(C)=C/c2csc(C)n2)C[C@H]2O[C@@]2(C)CCC[C@@H](C)[C@@H]1O. The third-order valence-corrected chi connectivity index (χ3v) is 8.96. The monoisotopic (exact) mass is 533 g/mol. The second-order valence-electron chi connectivity index (χ2n) is 11.6. The Morgan fingerprint density at radius 1 is 1.30 bits per heavy atom. The molecular weight excluding hydrogens is 490 g/mol. The topological polar surface area (TPSA) is 109 Å². The number of epoxide rings is 1. The number of aryl methyl sites for hydroxylation is 1. The number of rotatable bonds is 4. The van der Waals surface area contributed by atoms with E-state index in [1.807, 2.05) is 32.2 Å². The lowest BCUT2D eigenvalue weighted by Gasteiger charge is -2.35. The standard InChI is InChI=1S/C29H43NO6S/c1-8-10-21-26(33)17(2)11-9-12-29(7)24(36-29)14-22(18(3)13-20-16-37-19(4)30-20)35-25(32)15-23(31)28(5,6)27(21)34/h8,13,16-17,21-24,26,31,33H,1,9-12,14-15H2,2-7H3/b18-13+/t17-,21-,22+,23-,24-,26+,29+/m1/s1. The number of carbonyl (C=O) groups excluding carboxylic acids is 2. The lowest BCUT2D eigenvalue weighted by molar-refractivity contribution is -0.154. The van der Waals surface area contributed by atoms with Crippen molar-refractivity contribution in [3.8, 4) is 0 Å². The van der Waals surface area contributed by atoms with E-state index in [0.717, 1.165) is 35.5 Å². The van der Waals surface area contributed by atoms with Gasteiger partial charge in [-0.2, -0.15) is 0 Å². The van der Waals surface area contributed by atoms with Crippen molar-refractivity contribution in [2.24, 2.45) is 17.3 Å². The molecule has 0 spiro atoms. The number of esters is 1.